The van der Waals surface area contributed by atoms with Crippen LogP contribution in [0, 0.1) is 0 Å². The summed E-state index contributed by atoms with van der Waals surface area (Å²) < 4.78 is 0.756. The monoisotopic (exact) mass is 318 g/mol. The van der Waals surface area contributed by atoms with Gasteiger partial charge in [0.1, 0.15) is 0 Å². The molecular weight excluding hydrogens is 304 g/mol. The van der Waals surface area contributed by atoms with Crippen molar-refractivity contribution in [3.8, 4) is 0 Å². The normalized spacial score (nSPS) is 12.2. The lowest BCUT2D eigenvalue weighted by molar-refractivity contribution is -0.113. The molecule has 1 aromatic carbocycles. The number of nitrogens with two attached hydrogens (primary N) is 1. The van der Waals surface area contributed by atoms with E-state index in [1.165, 1.54) is 11.8 Å². The van der Waals surface area contributed by atoms with Gasteiger partial charge in [0, 0.05) is 15.4 Å². The van der Waals surface area contributed by atoms with Crippen molar-refractivity contribution in [2.75, 3.05) is 23.4 Å². The number of nitrogens with one attached hydrogen (secondary N) is 1. The third-order valence-corrected chi connectivity index (χ3v) is 3.83. The molecule has 0 spiro atoms. The minimum absolute atomic E-state index is 0.0654. The number of carbonyl (C=O) groups is 1. The summed E-state index contributed by atoms with van der Waals surface area (Å²) in [5, 5.41) is 11.7. The Morgan fingerprint density at radius 3 is 2.94 bits per heavy atom. The van der Waals surface area contributed by atoms with Gasteiger partial charge in [0.05, 0.1) is 18.0 Å². The number of rotatable bonds is 5. The average molecular weight is 319 g/mol. The van der Waals surface area contributed by atoms with E-state index in [1.807, 2.05) is 6.92 Å². The van der Waals surface area contributed by atoms with E-state index in [2.05, 4.69) is 21.2 Å². The van der Waals surface area contributed by atoms with E-state index in [9.17, 15) is 4.79 Å². The van der Waals surface area contributed by atoms with Crippen LogP contribution in [0.15, 0.2) is 22.7 Å². The fourth-order valence-corrected chi connectivity index (χ4v) is 2.20. The fourth-order valence-electron chi connectivity index (χ4n) is 1.09. The Morgan fingerprint density at radius 1 is 1.65 bits per heavy atom. The number of hydrogen-bond donors (Lipinski definition) is 3. The van der Waals surface area contributed by atoms with Crippen molar-refractivity contribution in [2.24, 2.45) is 0 Å². The first-order valence-electron chi connectivity index (χ1n) is 5.10. The van der Waals surface area contributed by atoms with Crippen molar-refractivity contribution in [2.45, 2.75) is 12.2 Å². The number of nitrogen functional groups attached to an aromatic ring is 1. The average Bonchev–Trinajstić information content (AvgIpc) is 2.29. The van der Waals surface area contributed by atoms with Gasteiger partial charge in [0.15, 0.2) is 0 Å². The number of benzene rings is 1. The molecule has 0 heterocycles. The zero-order chi connectivity index (χ0) is 12.8. The van der Waals surface area contributed by atoms with E-state index in [4.69, 9.17) is 10.8 Å². The number of halogens is 1. The second-order valence-electron chi connectivity index (χ2n) is 3.59. The molecule has 0 aliphatic heterocycles. The molecule has 94 valence electrons. The summed E-state index contributed by atoms with van der Waals surface area (Å²) >= 11 is 4.74. The van der Waals surface area contributed by atoms with E-state index >= 15 is 0 Å². The third kappa shape index (κ3) is 4.97. The lowest BCUT2D eigenvalue weighted by Crippen LogP contribution is -2.17. The van der Waals surface area contributed by atoms with Crippen LogP contribution in [0.1, 0.15) is 6.92 Å². The Bertz CT molecular complexity index is 401. The van der Waals surface area contributed by atoms with Gasteiger partial charge in [-0.05, 0) is 34.1 Å². The summed E-state index contributed by atoms with van der Waals surface area (Å²) in [4.78, 5) is 11.6. The van der Waals surface area contributed by atoms with Crippen LogP contribution in [0.3, 0.4) is 0 Å². The molecular formula is C11H15BrN2O2S. The molecule has 0 radical (unpaired) electrons. The van der Waals surface area contributed by atoms with Gasteiger partial charge in [-0.3, -0.25) is 4.79 Å². The van der Waals surface area contributed by atoms with Gasteiger partial charge in [-0.1, -0.05) is 6.92 Å². The summed E-state index contributed by atoms with van der Waals surface area (Å²) in [6, 6.07) is 5.21. The lowest BCUT2D eigenvalue weighted by Gasteiger charge is -2.10. The van der Waals surface area contributed by atoms with Crippen molar-refractivity contribution in [3.63, 3.8) is 0 Å². The Kier molecular flexibility index (Phi) is 5.80. The Balaban J connectivity index is 2.50. The molecule has 0 fully saturated rings. The van der Waals surface area contributed by atoms with Crippen molar-refractivity contribution >= 4 is 45.0 Å². The SMILES string of the molecule is CC(CO)SCC(=O)Nc1ccc(N)cc1Br. The first kappa shape index (κ1) is 14.3. The lowest BCUT2D eigenvalue weighted by atomic mass is 10.3. The topological polar surface area (TPSA) is 75.3 Å². The first-order chi connectivity index (χ1) is 8.02. The first-order valence-corrected chi connectivity index (χ1v) is 6.94. The van der Waals surface area contributed by atoms with E-state index in [0.717, 1.165) is 4.47 Å². The highest BCUT2D eigenvalue weighted by Gasteiger charge is 2.08. The summed E-state index contributed by atoms with van der Waals surface area (Å²) in [6.45, 7) is 1.95. The van der Waals surface area contributed by atoms with Crippen LogP contribution in [0.2, 0.25) is 0 Å². The predicted octanol–water partition coefficient (Wildman–Crippen LogP) is 2.08. The zero-order valence-corrected chi connectivity index (χ0v) is 11.8. The molecule has 6 heteroatoms. The van der Waals surface area contributed by atoms with Crippen LogP contribution in [0.5, 0.6) is 0 Å². The minimum Gasteiger partial charge on any atom is -0.399 e. The number of aliphatic hydroxyl groups excluding tert-OH is 1. The van der Waals surface area contributed by atoms with Crippen molar-refractivity contribution in [1.82, 2.24) is 0 Å². The van der Waals surface area contributed by atoms with Crippen molar-refractivity contribution in [1.29, 1.82) is 0 Å². The highest BCUT2D eigenvalue weighted by Crippen LogP contribution is 2.24. The van der Waals surface area contributed by atoms with Crippen molar-refractivity contribution < 1.29 is 9.90 Å². The third-order valence-electron chi connectivity index (χ3n) is 2.02. The van der Waals surface area contributed by atoms with Gasteiger partial charge in [-0.2, -0.15) is 0 Å². The Morgan fingerprint density at radius 2 is 2.35 bits per heavy atom. The van der Waals surface area contributed by atoms with Gasteiger partial charge in [0.25, 0.3) is 0 Å². The number of carbonyl (C=O) groups excluding carboxylic acids is 1. The molecule has 4 N–H and O–H groups in total. The maximum absolute atomic E-state index is 11.6. The van der Waals surface area contributed by atoms with Crippen LogP contribution in [0.25, 0.3) is 0 Å². The van der Waals surface area contributed by atoms with Gasteiger partial charge in [-0.15, -0.1) is 11.8 Å². The molecule has 1 rings (SSSR count). The number of hydrogen-bond acceptors (Lipinski definition) is 4. The molecule has 4 nitrogen and oxygen atoms in total. The smallest absolute Gasteiger partial charge is 0.234 e. The van der Waals surface area contributed by atoms with Gasteiger partial charge >= 0.3 is 0 Å². The van der Waals surface area contributed by atoms with E-state index in [1.54, 1.807) is 18.2 Å². The zero-order valence-electron chi connectivity index (χ0n) is 9.44. The Labute approximate surface area is 113 Å². The summed E-state index contributed by atoms with van der Waals surface area (Å²) in [7, 11) is 0. The van der Waals surface area contributed by atoms with Gasteiger partial charge < -0.3 is 16.2 Å². The number of aliphatic hydroxyl groups is 1. The predicted molar refractivity (Wildman–Crippen MR) is 76.2 cm³/mol. The highest BCUT2D eigenvalue weighted by molar-refractivity contribution is 9.10. The fraction of sp³-hybridized carbons (Fsp3) is 0.364. The van der Waals surface area contributed by atoms with Crippen LogP contribution < -0.4 is 11.1 Å². The maximum atomic E-state index is 11.6. The van der Waals surface area contributed by atoms with Crippen LogP contribution in [-0.2, 0) is 4.79 Å². The maximum Gasteiger partial charge on any atom is 0.234 e. The molecule has 0 bridgehead atoms. The largest absolute Gasteiger partial charge is 0.399 e. The van der Waals surface area contributed by atoms with Crippen LogP contribution in [-0.4, -0.2) is 28.6 Å². The summed E-state index contributed by atoms with van der Waals surface area (Å²) in [6.07, 6.45) is 0. The summed E-state index contributed by atoms with van der Waals surface area (Å²) in [5.41, 5.74) is 6.93. The second kappa shape index (κ2) is 6.88. The van der Waals surface area contributed by atoms with Crippen LogP contribution >= 0.6 is 27.7 Å². The number of thioether (sulfide) groups is 1. The molecule has 1 unspecified atom stereocenters. The molecule has 0 saturated heterocycles. The highest BCUT2D eigenvalue weighted by atomic mass is 79.9. The quantitative estimate of drug-likeness (QED) is 0.727. The standard InChI is InChI=1S/C11H15BrN2O2S/c1-7(5-15)17-6-11(16)14-10-3-2-8(13)4-9(10)12/h2-4,7,15H,5-6,13H2,1H3,(H,14,16). The molecule has 0 aliphatic rings. The van der Waals surface area contributed by atoms with Gasteiger partial charge in [0.2, 0.25) is 5.91 Å². The minimum atomic E-state index is -0.0965. The van der Waals surface area contributed by atoms with Crippen molar-refractivity contribution in [3.05, 3.63) is 22.7 Å². The van der Waals surface area contributed by atoms with E-state index in [0.29, 0.717) is 17.1 Å². The molecule has 1 aromatic rings. The second-order valence-corrected chi connectivity index (χ2v) is 5.87. The molecule has 17 heavy (non-hydrogen) atoms. The van der Waals surface area contributed by atoms with Crippen LogP contribution in [0.4, 0.5) is 11.4 Å². The molecule has 1 atom stereocenters. The van der Waals surface area contributed by atoms with E-state index < -0.39 is 0 Å². The molecule has 0 saturated carbocycles. The van der Waals surface area contributed by atoms with E-state index in [-0.39, 0.29) is 17.8 Å². The number of anilines is 2. The summed E-state index contributed by atoms with van der Waals surface area (Å²) in [5.74, 6) is 0.221. The van der Waals surface area contributed by atoms with Gasteiger partial charge in [-0.25, -0.2) is 0 Å². The molecule has 0 aliphatic carbocycles. The number of amides is 1. The molecule has 0 aromatic heterocycles. The molecule has 1 amide bonds. The Hall–Kier alpha value is -0.720.